The number of methoxy groups -OCH3 is 1. The van der Waals surface area contributed by atoms with E-state index < -0.39 is 17.7 Å². The van der Waals surface area contributed by atoms with E-state index in [2.05, 4.69) is 10.1 Å². The predicted octanol–water partition coefficient (Wildman–Crippen LogP) is 4.30. The number of H-pyrrole nitrogens is 1. The Morgan fingerprint density at radius 1 is 0.921 bits per heavy atom. The summed E-state index contributed by atoms with van der Waals surface area (Å²) in [6, 6.07) is 21.9. The first-order valence-corrected chi connectivity index (χ1v) is 12.2. The standard InChI is InChI=1S/C30H24N4O4/c1-17-9-11-19(12-10-17)34-29(36)24(22-16-31-23-14-13-20(38-3)15-21(22)23)25(30(34)37)26-27(32-33(2)28(26)35)18-7-5-4-6-8-18/h4-16,26,31H,1-3H3/t26-/m0/s1. The van der Waals surface area contributed by atoms with Gasteiger partial charge in [0.1, 0.15) is 11.7 Å². The summed E-state index contributed by atoms with van der Waals surface area (Å²) < 4.78 is 5.42. The Morgan fingerprint density at radius 3 is 2.37 bits per heavy atom. The van der Waals surface area contributed by atoms with Gasteiger partial charge in [-0.3, -0.25) is 14.4 Å². The van der Waals surface area contributed by atoms with E-state index in [1.54, 1.807) is 32.5 Å². The average Bonchev–Trinajstić information content (AvgIpc) is 3.56. The largest absolute Gasteiger partial charge is 0.497 e. The number of nitrogens with one attached hydrogen (secondary N) is 1. The highest BCUT2D eigenvalue weighted by molar-refractivity contribution is 6.48. The maximum Gasteiger partial charge on any atom is 0.266 e. The van der Waals surface area contributed by atoms with Crippen LogP contribution in [0.5, 0.6) is 5.75 Å². The minimum absolute atomic E-state index is 0.108. The average molecular weight is 505 g/mol. The number of anilines is 1. The molecule has 4 aromatic rings. The highest BCUT2D eigenvalue weighted by Crippen LogP contribution is 2.42. The summed E-state index contributed by atoms with van der Waals surface area (Å²) in [5.74, 6) is -1.84. The molecule has 0 saturated heterocycles. The lowest BCUT2D eigenvalue weighted by molar-refractivity contribution is -0.130. The number of carbonyl (C=O) groups excluding carboxylic acids is 3. The molecule has 2 aliphatic heterocycles. The smallest absolute Gasteiger partial charge is 0.266 e. The molecule has 0 aliphatic carbocycles. The van der Waals surface area contributed by atoms with Gasteiger partial charge in [-0.05, 0) is 42.8 Å². The number of hydrazone groups is 1. The molecule has 0 radical (unpaired) electrons. The molecule has 3 aromatic carbocycles. The highest BCUT2D eigenvalue weighted by atomic mass is 16.5. The number of hydrogen-bond donors (Lipinski definition) is 1. The first-order valence-electron chi connectivity index (χ1n) is 12.2. The summed E-state index contributed by atoms with van der Waals surface area (Å²) in [5.41, 5.74) is 4.14. The molecule has 1 N–H and O–H groups in total. The lowest BCUT2D eigenvalue weighted by Crippen LogP contribution is -2.35. The van der Waals surface area contributed by atoms with E-state index >= 15 is 0 Å². The third-order valence-corrected chi connectivity index (χ3v) is 7.03. The number of aromatic nitrogens is 1. The molecular formula is C30H24N4O4. The van der Waals surface area contributed by atoms with Gasteiger partial charge in [-0.25, -0.2) is 9.91 Å². The van der Waals surface area contributed by atoms with Gasteiger partial charge in [-0.15, -0.1) is 0 Å². The zero-order chi connectivity index (χ0) is 26.6. The number of fused-ring (bicyclic) bond motifs is 1. The summed E-state index contributed by atoms with van der Waals surface area (Å²) in [4.78, 5) is 46.2. The van der Waals surface area contributed by atoms with E-state index in [1.165, 1.54) is 5.01 Å². The molecular weight excluding hydrogens is 480 g/mol. The van der Waals surface area contributed by atoms with Gasteiger partial charge in [0.15, 0.2) is 0 Å². The molecule has 8 nitrogen and oxygen atoms in total. The van der Waals surface area contributed by atoms with Gasteiger partial charge in [0.25, 0.3) is 17.7 Å². The second kappa shape index (κ2) is 8.85. The number of ether oxygens (including phenoxy) is 1. The third-order valence-electron chi connectivity index (χ3n) is 7.03. The number of nitrogens with zero attached hydrogens (tertiary/aromatic N) is 3. The van der Waals surface area contributed by atoms with Crippen molar-refractivity contribution in [2.45, 2.75) is 6.92 Å². The number of rotatable bonds is 5. The summed E-state index contributed by atoms with van der Waals surface area (Å²) in [6.45, 7) is 1.93. The molecule has 6 rings (SSSR count). The number of aryl methyl sites for hydroxylation is 1. The van der Waals surface area contributed by atoms with Crippen LogP contribution >= 0.6 is 0 Å². The molecule has 1 aromatic heterocycles. The molecule has 2 aliphatic rings. The van der Waals surface area contributed by atoms with Crippen LogP contribution < -0.4 is 9.64 Å². The van der Waals surface area contributed by atoms with Crippen molar-refractivity contribution in [3.8, 4) is 5.75 Å². The third kappa shape index (κ3) is 3.53. The van der Waals surface area contributed by atoms with Crippen molar-refractivity contribution in [2.75, 3.05) is 19.1 Å². The van der Waals surface area contributed by atoms with Crippen LogP contribution in [0.1, 0.15) is 16.7 Å². The van der Waals surface area contributed by atoms with Crippen LogP contribution in [0.25, 0.3) is 16.5 Å². The Kier molecular flexibility index (Phi) is 5.45. The second-order valence-electron chi connectivity index (χ2n) is 9.33. The summed E-state index contributed by atoms with van der Waals surface area (Å²) in [7, 11) is 3.12. The Labute approximate surface area is 218 Å². The molecule has 188 valence electrons. The fourth-order valence-corrected chi connectivity index (χ4v) is 5.10. The number of benzene rings is 3. The lowest BCUT2D eigenvalue weighted by atomic mass is 9.85. The van der Waals surface area contributed by atoms with Crippen LogP contribution in [0.15, 0.2) is 89.7 Å². The molecule has 1 atom stereocenters. The minimum Gasteiger partial charge on any atom is -0.497 e. The van der Waals surface area contributed by atoms with Crippen LogP contribution in [0.2, 0.25) is 0 Å². The number of imide groups is 1. The number of hydrogen-bond acceptors (Lipinski definition) is 5. The number of carbonyl (C=O) groups is 3. The van der Waals surface area contributed by atoms with E-state index in [4.69, 9.17) is 4.74 Å². The number of aromatic amines is 1. The summed E-state index contributed by atoms with van der Waals surface area (Å²) in [6.07, 6.45) is 1.70. The van der Waals surface area contributed by atoms with Crippen molar-refractivity contribution in [3.05, 3.63) is 101 Å². The maximum absolute atomic E-state index is 14.2. The molecule has 0 spiro atoms. The Morgan fingerprint density at radius 2 is 1.66 bits per heavy atom. The highest BCUT2D eigenvalue weighted by Gasteiger charge is 2.50. The van der Waals surface area contributed by atoms with E-state index in [1.807, 2.05) is 67.6 Å². The fraction of sp³-hybridized carbons (Fsp3) is 0.133. The SMILES string of the molecule is COc1ccc2[nH]cc(C3=C([C@@H]4C(=O)N(C)N=C4c4ccccc4)C(=O)N(c4ccc(C)cc4)C3=O)c2c1. The quantitative estimate of drug-likeness (QED) is 0.410. The van der Waals surface area contributed by atoms with E-state index in [0.717, 1.165) is 16.0 Å². The molecule has 3 amide bonds. The molecule has 0 bridgehead atoms. The Hall–Kier alpha value is -4.98. The molecule has 38 heavy (non-hydrogen) atoms. The van der Waals surface area contributed by atoms with Gasteiger partial charge in [-0.1, -0.05) is 48.0 Å². The van der Waals surface area contributed by atoms with Crippen molar-refractivity contribution in [1.29, 1.82) is 0 Å². The molecule has 8 heteroatoms. The molecule has 3 heterocycles. The molecule has 0 fully saturated rings. The Bertz CT molecular complexity index is 1680. The second-order valence-corrected chi connectivity index (χ2v) is 9.33. The predicted molar refractivity (Wildman–Crippen MR) is 145 cm³/mol. The zero-order valence-electron chi connectivity index (χ0n) is 21.1. The minimum atomic E-state index is -1.04. The monoisotopic (exact) mass is 504 g/mol. The van der Waals surface area contributed by atoms with Gasteiger partial charge in [0.05, 0.1) is 29.7 Å². The molecule has 0 unspecified atom stereocenters. The van der Waals surface area contributed by atoms with Crippen LogP contribution in [0.3, 0.4) is 0 Å². The van der Waals surface area contributed by atoms with Gasteiger partial charge in [0, 0.05) is 29.7 Å². The van der Waals surface area contributed by atoms with Crippen LogP contribution in [0, 0.1) is 12.8 Å². The fourth-order valence-electron chi connectivity index (χ4n) is 5.10. The van der Waals surface area contributed by atoms with Crippen molar-refractivity contribution >= 4 is 45.6 Å². The normalized spacial score (nSPS) is 17.7. The lowest BCUT2D eigenvalue weighted by Gasteiger charge is -2.17. The topological polar surface area (TPSA) is 95.1 Å². The van der Waals surface area contributed by atoms with E-state index in [0.29, 0.717) is 33.7 Å². The van der Waals surface area contributed by atoms with Crippen molar-refractivity contribution in [1.82, 2.24) is 9.99 Å². The Balaban J connectivity index is 1.61. The van der Waals surface area contributed by atoms with Crippen molar-refractivity contribution in [3.63, 3.8) is 0 Å². The maximum atomic E-state index is 14.2. The van der Waals surface area contributed by atoms with Crippen LogP contribution in [0.4, 0.5) is 5.69 Å². The molecule has 0 saturated carbocycles. The van der Waals surface area contributed by atoms with Gasteiger partial charge in [0.2, 0.25) is 0 Å². The zero-order valence-corrected chi connectivity index (χ0v) is 21.1. The summed E-state index contributed by atoms with van der Waals surface area (Å²) >= 11 is 0. The number of amides is 3. The van der Waals surface area contributed by atoms with E-state index in [-0.39, 0.29) is 17.1 Å². The van der Waals surface area contributed by atoms with Crippen LogP contribution in [-0.4, -0.2) is 47.6 Å². The summed E-state index contributed by atoms with van der Waals surface area (Å²) in [5, 5.41) is 6.44. The van der Waals surface area contributed by atoms with E-state index in [9.17, 15) is 14.4 Å². The first kappa shape index (κ1) is 23.4. The van der Waals surface area contributed by atoms with Gasteiger partial charge < -0.3 is 9.72 Å². The van der Waals surface area contributed by atoms with Gasteiger partial charge in [-0.2, -0.15) is 5.10 Å². The van der Waals surface area contributed by atoms with Crippen molar-refractivity contribution < 1.29 is 19.1 Å². The van der Waals surface area contributed by atoms with Crippen LogP contribution in [-0.2, 0) is 14.4 Å². The first-order chi connectivity index (χ1) is 18.4. The van der Waals surface area contributed by atoms with Gasteiger partial charge >= 0.3 is 0 Å². The van der Waals surface area contributed by atoms with Crippen molar-refractivity contribution in [2.24, 2.45) is 11.0 Å².